The minimum absolute atomic E-state index is 0.111. The van der Waals surface area contributed by atoms with Crippen LogP contribution in [0.2, 0.25) is 0 Å². The number of hydrogen-bond acceptors (Lipinski definition) is 4. The van der Waals surface area contributed by atoms with E-state index < -0.39 is 0 Å². The van der Waals surface area contributed by atoms with Gasteiger partial charge in [-0.05, 0) is 32.9 Å². The molecule has 0 fully saturated rings. The van der Waals surface area contributed by atoms with E-state index in [4.69, 9.17) is 4.42 Å². The first-order valence-electron chi connectivity index (χ1n) is 7.72. The predicted octanol–water partition coefficient (Wildman–Crippen LogP) is 2.52. The number of hydrogen-bond donors (Lipinski definition) is 1. The van der Waals surface area contributed by atoms with Gasteiger partial charge in [-0.15, -0.1) is 0 Å². The fourth-order valence-electron chi connectivity index (χ4n) is 2.68. The largest absolute Gasteiger partial charge is 0.440 e. The smallest absolute Gasteiger partial charge is 0.229 e. The molecule has 0 spiro atoms. The average molecular weight is 312 g/mol. The molecule has 6 heteroatoms. The lowest BCUT2D eigenvalue weighted by Gasteiger charge is -2.05. The average Bonchev–Trinajstić information content (AvgIpc) is 3.05. The second-order valence-corrected chi connectivity index (χ2v) is 5.49. The highest BCUT2D eigenvalue weighted by Crippen LogP contribution is 2.15. The van der Waals surface area contributed by atoms with E-state index in [2.05, 4.69) is 22.3 Å². The summed E-state index contributed by atoms with van der Waals surface area (Å²) in [7, 11) is 0. The molecule has 2 heterocycles. The molecule has 0 aliphatic heterocycles. The zero-order chi connectivity index (χ0) is 16.4. The number of rotatable bonds is 5. The molecule has 0 unspecified atom stereocenters. The Kier molecular flexibility index (Phi) is 4.14. The number of para-hydroxylation sites is 2. The van der Waals surface area contributed by atoms with Crippen molar-refractivity contribution in [3.05, 3.63) is 47.1 Å². The molecule has 2 aromatic heterocycles. The minimum Gasteiger partial charge on any atom is -0.440 e. The number of oxazole rings is 1. The number of aromatic nitrogens is 3. The molecule has 0 radical (unpaired) electrons. The molecular formula is C17H20N4O2. The van der Waals surface area contributed by atoms with Crippen LogP contribution in [0.25, 0.3) is 11.1 Å². The van der Waals surface area contributed by atoms with Crippen molar-refractivity contribution in [2.24, 2.45) is 0 Å². The number of nitrogens with zero attached hydrogens (tertiary/aromatic N) is 3. The van der Waals surface area contributed by atoms with Crippen molar-refractivity contribution in [1.82, 2.24) is 20.1 Å². The maximum absolute atomic E-state index is 12.1. The highest BCUT2D eigenvalue weighted by Gasteiger charge is 2.14. The van der Waals surface area contributed by atoms with Gasteiger partial charge in [0.2, 0.25) is 11.8 Å². The van der Waals surface area contributed by atoms with Crippen LogP contribution < -0.4 is 5.32 Å². The van der Waals surface area contributed by atoms with Crippen LogP contribution in [0, 0.1) is 13.8 Å². The van der Waals surface area contributed by atoms with Crippen LogP contribution in [0.5, 0.6) is 0 Å². The van der Waals surface area contributed by atoms with Gasteiger partial charge in [-0.2, -0.15) is 5.10 Å². The highest BCUT2D eigenvalue weighted by atomic mass is 16.3. The third-order valence-corrected chi connectivity index (χ3v) is 3.94. The van der Waals surface area contributed by atoms with Crippen LogP contribution in [-0.2, 0) is 24.3 Å². The first kappa shape index (κ1) is 15.3. The number of benzene rings is 1. The Bertz CT molecular complexity index is 815. The van der Waals surface area contributed by atoms with Gasteiger partial charge in [0.25, 0.3) is 0 Å². The summed E-state index contributed by atoms with van der Waals surface area (Å²) in [6.07, 6.45) is 0.134. The quantitative estimate of drug-likeness (QED) is 0.785. The van der Waals surface area contributed by atoms with Crippen molar-refractivity contribution >= 4 is 17.0 Å². The zero-order valence-corrected chi connectivity index (χ0v) is 13.6. The lowest BCUT2D eigenvalue weighted by atomic mass is 10.2. The van der Waals surface area contributed by atoms with Gasteiger partial charge in [-0.3, -0.25) is 9.48 Å². The molecule has 1 N–H and O–H groups in total. The Morgan fingerprint density at radius 3 is 2.78 bits per heavy atom. The lowest BCUT2D eigenvalue weighted by Crippen LogP contribution is -2.25. The summed E-state index contributed by atoms with van der Waals surface area (Å²) in [5, 5.41) is 7.37. The van der Waals surface area contributed by atoms with Crippen LogP contribution in [0.15, 0.2) is 28.7 Å². The zero-order valence-electron chi connectivity index (χ0n) is 13.6. The third-order valence-electron chi connectivity index (χ3n) is 3.94. The summed E-state index contributed by atoms with van der Waals surface area (Å²) in [6, 6.07) is 7.49. The van der Waals surface area contributed by atoms with Crippen LogP contribution in [0.4, 0.5) is 0 Å². The number of aryl methyl sites for hydroxylation is 2. The van der Waals surface area contributed by atoms with Crippen LogP contribution in [0.3, 0.4) is 0 Å². The standard InChI is InChI=1S/C17H20N4O2/c1-4-21-12(3)13(11(2)20-21)10-18-16(22)9-17-19-14-7-5-6-8-15(14)23-17/h5-8H,4,9-10H2,1-3H3,(H,18,22). The van der Waals surface area contributed by atoms with Crippen molar-refractivity contribution in [2.75, 3.05) is 0 Å². The summed E-state index contributed by atoms with van der Waals surface area (Å²) in [6.45, 7) is 7.32. The second kappa shape index (κ2) is 6.24. The molecule has 23 heavy (non-hydrogen) atoms. The van der Waals surface area contributed by atoms with Crippen molar-refractivity contribution in [3.8, 4) is 0 Å². The van der Waals surface area contributed by atoms with E-state index in [1.54, 1.807) is 0 Å². The molecule has 6 nitrogen and oxygen atoms in total. The highest BCUT2D eigenvalue weighted by molar-refractivity contribution is 5.79. The molecule has 3 aromatic rings. The molecule has 0 aliphatic rings. The molecule has 1 amide bonds. The van der Waals surface area contributed by atoms with Crippen molar-refractivity contribution in [2.45, 2.75) is 40.3 Å². The number of nitrogens with one attached hydrogen (secondary N) is 1. The van der Waals surface area contributed by atoms with E-state index >= 15 is 0 Å². The van der Waals surface area contributed by atoms with Crippen molar-refractivity contribution < 1.29 is 9.21 Å². The summed E-state index contributed by atoms with van der Waals surface area (Å²) < 4.78 is 7.51. The molecule has 0 atom stereocenters. The van der Waals surface area contributed by atoms with Gasteiger partial charge < -0.3 is 9.73 Å². The van der Waals surface area contributed by atoms with E-state index in [0.717, 1.165) is 29.0 Å². The number of carbonyl (C=O) groups excluding carboxylic acids is 1. The van der Waals surface area contributed by atoms with Gasteiger partial charge >= 0.3 is 0 Å². The second-order valence-electron chi connectivity index (χ2n) is 5.49. The third kappa shape index (κ3) is 3.11. The molecule has 0 aliphatic carbocycles. The van der Waals surface area contributed by atoms with E-state index in [-0.39, 0.29) is 12.3 Å². The van der Waals surface area contributed by atoms with E-state index in [1.165, 1.54) is 0 Å². The molecule has 1 aromatic carbocycles. The van der Waals surface area contributed by atoms with E-state index in [0.29, 0.717) is 18.0 Å². The Labute approximate surface area is 134 Å². The normalized spacial score (nSPS) is 11.1. The lowest BCUT2D eigenvalue weighted by molar-refractivity contribution is -0.120. The number of amides is 1. The molecule has 0 saturated heterocycles. The van der Waals surface area contributed by atoms with Crippen molar-refractivity contribution in [1.29, 1.82) is 0 Å². The van der Waals surface area contributed by atoms with Gasteiger partial charge in [-0.1, -0.05) is 12.1 Å². The SMILES string of the molecule is CCn1nc(C)c(CNC(=O)Cc2nc3ccccc3o2)c1C. The summed E-state index contributed by atoms with van der Waals surface area (Å²) >= 11 is 0. The van der Waals surface area contributed by atoms with Crippen LogP contribution >= 0.6 is 0 Å². The Balaban J connectivity index is 1.64. The predicted molar refractivity (Wildman–Crippen MR) is 86.9 cm³/mol. The summed E-state index contributed by atoms with van der Waals surface area (Å²) in [5.74, 6) is 0.320. The fourth-order valence-corrected chi connectivity index (χ4v) is 2.68. The summed E-state index contributed by atoms with van der Waals surface area (Å²) in [4.78, 5) is 16.4. The Hall–Kier alpha value is -2.63. The molecule has 3 rings (SSSR count). The number of carbonyl (C=O) groups is 1. The Morgan fingerprint density at radius 1 is 1.30 bits per heavy atom. The van der Waals surface area contributed by atoms with Crippen LogP contribution in [-0.4, -0.2) is 20.7 Å². The molecular weight excluding hydrogens is 292 g/mol. The van der Waals surface area contributed by atoms with Gasteiger partial charge in [0.15, 0.2) is 5.58 Å². The fraction of sp³-hybridized carbons (Fsp3) is 0.353. The summed E-state index contributed by atoms with van der Waals surface area (Å²) in [5.41, 5.74) is 4.58. The molecule has 0 saturated carbocycles. The maximum atomic E-state index is 12.1. The minimum atomic E-state index is -0.111. The first-order chi connectivity index (χ1) is 11.1. The van der Waals surface area contributed by atoms with Crippen molar-refractivity contribution in [3.63, 3.8) is 0 Å². The van der Waals surface area contributed by atoms with Gasteiger partial charge in [-0.25, -0.2) is 4.98 Å². The maximum Gasteiger partial charge on any atom is 0.229 e. The monoisotopic (exact) mass is 312 g/mol. The van der Waals surface area contributed by atoms with Gasteiger partial charge in [0, 0.05) is 24.3 Å². The first-order valence-corrected chi connectivity index (χ1v) is 7.72. The Morgan fingerprint density at radius 2 is 2.09 bits per heavy atom. The van der Waals surface area contributed by atoms with Gasteiger partial charge in [0.05, 0.1) is 5.69 Å². The number of fused-ring (bicyclic) bond motifs is 1. The van der Waals surface area contributed by atoms with Gasteiger partial charge in [0.1, 0.15) is 11.9 Å². The van der Waals surface area contributed by atoms with E-state index in [9.17, 15) is 4.79 Å². The van der Waals surface area contributed by atoms with Crippen LogP contribution in [0.1, 0.15) is 29.8 Å². The molecule has 120 valence electrons. The molecule has 0 bridgehead atoms. The topological polar surface area (TPSA) is 73.0 Å². The van der Waals surface area contributed by atoms with E-state index in [1.807, 2.05) is 42.8 Å².